The molecule has 0 saturated carbocycles. The molecular weight excluding hydrogens is 344 g/mol. The van der Waals surface area contributed by atoms with Gasteiger partial charge in [-0.2, -0.15) is 4.52 Å². The fourth-order valence-corrected chi connectivity index (χ4v) is 3.46. The molecule has 0 radical (unpaired) electrons. The number of carbonyl (C=O) groups is 1. The molecule has 1 fully saturated rings. The molecule has 4 heterocycles. The average Bonchev–Trinajstić information content (AvgIpc) is 3.35. The van der Waals surface area contributed by atoms with Crippen molar-refractivity contribution in [3.8, 4) is 0 Å². The molecule has 1 amide bonds. The molecule has 1 saturated heterocycles. The number of piperidine rings is 1. The smallest absolute Gasteiger partial charge is 0.225 e. The van der Waals surface area contributed by atoms with Crippen molar-refractivity contribution in [1.29, 1.82) is 0 Å². The molecule has 0 spiro atoms. The van der Waals surface area contributed by atoms with Crippen LogP contribution >= 0.6 is 0 Å². The summed E-state index contributed by atoms with van der Waals surface area (Å²) in [7, 11) is 0. The first kappa shape index (κ1) is 17.5. The molecule has 0 bridgehead atoms. The summed E-state index contributed by atoms with van der Waals surface area (Å²) in [4.78, 5) is 14.7. The number of anilines is 1. The van der Waals surface area contributed by atoms with Crippen molar-refractivity contribution in [1.82, 2.24) is 25.1 Å². The second-order valence-corrected chi connectivity index (χ2v) is 7.26. The Morgan fingerprint density at radius 3 is 3.00 bits per heavy atom. The number of hydrogen-bond donors (Lipinski definition) is 1. The lowest BCUT2D eigenvalue weighted by Crippen LogP contribution is -2.43. The van der Waals surface area contributed by atoms with E-state index in [0.29, 0.717) is 13.1 Å². The Morgan fingerprint density at radius 1 is 1.33 bits per heavy atom. The molecule has 1 aliphatic heterocycles. The minimum Gasteiger partial charge on any atom is -0.467 e. The van der Waals surface area contributed by atoms with Crippen molar-refractivity contribution >= 4 is 17.4 Å². The van der Waals surface area contributed by atoms with E-state index in [9.17, 15) is 4.79 Å². The molecule has 3 aromatic heterocycles. The number of fused-ring (bicyclic) bond motifs is 1. The maximum atomic E-state index is 12.6. The van der Waals surface area contributed by atoms with E-state index in [4.69, 9.17) is 9.52 Å². The van der Waals surface area contributed by atoms with Crippen molar-refractivity contribution < 1.29 is 9.21 Å². The third-order valence-corrected chi connectivity index (χ3v) is 4.92. The Hall–Kier alpha value is -2.90. The quantitative estimate of drug-likeness (QED) is 0.744. The van der Waals surface area contributed by atoms with Gasteiger partial charge in [-0.05, 0) is 37.1 Å². The summed E-state index contributed by atoms with van der Waals surface area (Å²) in [6.45, 7) is 6.11. The van der Waals surface area contributed by atoms with E-state index < -0.39 is 0 Å². The predicted octanol–water partition coefficient (Wildman–Crippen LogP) is 2.37. The van der Waals surface area contributed by atoms with E-state index in [0.717, 1.165) is 42.4 Å². The van der Waals surface area contributed by atoms with Gasteiger partial charge in [0.2, 0.25) is 5.91 Å². The lowest BCUT2D eigenvalue weighted by atomic mass is 9.97. The number of nitrogens with one attached hydrogen (secondary N) is 1. The van der Waals surface area contributed by atoms with E-state index in [1.54, 1.807) is 10.8 Å². The highest BCUT2D eigenvalue weighted by Crippen LogP contribution is 2.23. The number of furan rings is 1. The predicted molar refractivity (Wildman–Crippen MR) is 100 cm³/mol. The molecule has 8 heteroatoms. The SMILES string of the molecule is CC(C)c1nnc2ccc(N3CCC[C@H](C(=O)NCc4ccco4)C3)nn12. The molecular formula is C19H24N6O2. The van der Waals surface area contributed by atoms with E-state index in [1.807, 2.05) is 24.3 Å². The Kier molecular flexibility index (Phi) is 4.79. The number of hydrogen-bond acceptors (Lipinski definition) is 6. The zero-order chi connectivity index (χ0) is 18.8. The summed E-state index contributed by atoms with van der Waals surface area (Å²) < 4.78 is 7.08. The van der Waals surface area contributed by atoms with Crippen LogP contribution in [0.3, 0.4) is 0 Å². The van der Waals surface area contributed by atoms with Crippen molar-refractivity contribution in [2.75, 3.05) is 18.0 Å². The summed E-state index contributed by atoms with van der Waals surface area (Å²) in [5.41, 5.74) is 0.743. The van der Waals surface area contributed by atoms with Crippen molar-refractivity contribution in [3.63, 3.8) is 0 Å². The standard InChI is InChI=1S/C19H24N6O2/c1-13(2)18-22-21-16-7-8-17(23-25(16)18)24-9-3-5-14(12-24)19(26)20-11-15-6-4-10-27-15/h4,6-8,10,13-14H,3,5,9,11-12H2,1-2H3,(H,20,26)/t14-/m0/s1. The summed E-state index contributed by atoms with van der Waals surface area (Å²) in [5, 5.41) is 16.1. The van der Waals surface area contributed by atoms with Crippen LogP contribution in [0.2, 0.25) is 0 Å². The summed E-state index contributed by atoms with van der Waals surface area (Å²) in [5.74, 6) is 2.70. The first-order valence-corrected chi connectivity index (χ1v) is 9.39. The minimum atomic E-state index is -0.0586. The molecule has 3 aromatic rings. The van der Waals surface area contributed by atoms with Gasteiger partial charge in [0, 0.05) is 19.0 Å². The van der Waals surface area contributed by atoms with Gasteiger partial charge in [-0.25, -0.2) is 0 Å². The van der Waals surface area contributed by atoms with Crippen LogP contribution in [0.25, 0.3) is 5.65 Å². The summed E-state index contributed by atoms with van der Waals surface area (Å²) >= 11 is 0. The Balaban J connectivity index is 1.46. The highest BCUT2D eigenvalue weighted by molar-refractivity contribution is 5.79. The molecule has 1 aliphatic rings. The molecule has 1 N–H and O–H groups in total. The molecule has 0 unspecified atom stereocenters. The first-order valence-electron chi connectivity index (χ1n) is 9.39. The number of rotatable bonds is 5. The van der Waals surface area contributed by atoms with Crippen LogP contribution in [0, 0.1) is 5.92 Å². The zero-order valence-electron chi connectivity index (χ0n) is 15.6. The van der Waals surface area contributed by atoms with Crippen LogP contribution in [0.4, 0.5) is 5.82 Å². The van der Waals surface area contributed by atoms with Gasteiger partial charge in [0.25, 0.3) is 0 Å². The van der Waals surface area contributed by atoms with E-state index in [2.05, 4.69) is 34.3 Å². The van der Waals surface area contributed by atoms with Crippen LogP contribution in [-0.4, -0.2) is 38.8 Å². The van der Waals surface area contributed by atoms with Crippen molar-refractivity contribution in [3.05, 3.63) is 42.1 Å². The number of aromatic nitrogens is 4. The fourth-order valence-electron chi connectivity index (χ4n) is 3.46. The molecule has 4 rings (SSSR count). The largest absolute Gasteiger partial charge is 0.467 e. The van der Waals surface area contributed by atoms with Gasteiger partial charge in [-0.15, -0.1) is 15.3 Å². The van der Waals surface area contributed by atoms with Crippen LogP contribution in [0.5, 0.6) is 0 Å². The maximum Gasteiger partial charge on any atom is 0.225 e. The molecule has 0 aliphatic carbocycles. The Morgan fingerprint density at radius 2 is 2.22 bits per heavy atom. The molecule has 8 nitrogen and oxygen atoms in total. The molecule has 27 heavy (non-hydrogen) atoms. The van der Waals surface area contributed by atoms with Gasteiger partial charge < -0.3 is 14.6 Å². The highest BCUT2D eigenvalue weighted by atomic mass is 16.3. The number of nitrogens with zero attached hydrogens (tertiary/aromatic N) is 5. The van der Waals surface area contributed by atoms with Gasteiger partial charge in [0.05, 0.1) is 18.7 Å². The summed E-state index contributed by atoms with van der Waals surface area (Å²) in [6, 6.07) is 7.57. The topological polar surface area (TPSA) is 88.6 Å². The van der Waals surface area contributed by atoms with Gasteiger partial charge >= 0.3 is 0 Å². The number of carbonyl (C=O) groups excluding carboxylic acids is 1. The highest BCUT2D eigenvalue weighted by Gasteiger charge is 2.27. The van der Waals surface area contributed by atoms with Crippen LogP contribution in [0.1, 0.15) is 44.2 Å². The second-order valence-electron chi connectivity index (χ2n) is 7.26. The summed E-state index contributed by atoms with van der Waals surface area (Å²) in [6.07, 6.45) is 3.45. The molecule has 0 aromatic carbocycles. The van der Waals surface area contributed by atoms with E-state index in [1.165, 1.54) is 0 Å². The van der Waals surface area contributed by atoms with E-state index >= 15 is 0 Å². The lowest BCUT2D eigenvalue weighted by molar-refractivity contribution is -0.125. The lowest BCUT2D eigenvalue weighted by Gasteiger charge is -2.32. The van der Waals surface area contributed by atoms with Crippen LogP contribution in [-0.2, 0) is 11.3 Å². The first-order chi connectivity index (χ1) is 13.1. The third kappa shape index (κ3) is 3.65. The molecule has 1 atom stereocenters. The van der Waals surface area contributed by atoms with Crippen molar-refractivity contribution in [2.24, 2.45) is 5.92 Å². The van der Waals surface area contributed by atoms with Gasteiger partial charge in [0.1, 0.15) is 11.6 Å². The third-order valence-electron chi connectivity index (χ3n) is 4.92. The average molecular weight is 368 g/mol. The second kappa shape index (κ2) is 7.38. The minimum absolute atomic E-state index is 0.0586. The zero-order valence-corrected chi connectivity index (χ0v) is 15.6. The fraction of sp³-hybridized carbons (Fsp3) is 0.474. The van der Waals surface area contributed by atoms with Crippen LogP contribution in [0.15, 0.2) is 34.9 Å². The van der Waals surface area contributed by atoms with Gasteiger partial charge in [0.15, 0.2) is 11.5 Å². The normalized spacial score (nSPS) is 17.6. The van der Waals surface area contributed by atoms with Crippen molar-refractivity contribution in [2.45, 2.75) is 39.2 Å². The number of amides is 1. The maximum absolute atomic E-state index is 12.6. The van der Waals surface area contributed by atoms with Crippen LogP contribution < -0.4 is 10.2 Å². The van der Waals surface area contributed by atoms with E-state index in [-0.39, 0.29) is 17.7 Å². The monoisotopic (exact) mass is 368 g/mol. The molecule has 142 valence electrons. The van der Waals surface area contributed by atoms with Gasteiger partial charge in [-0.3, -0.25) is 4.79 Å². The Bertz CT molecular complexity index is 918. The Labute approximate surface area is 157 Å². The van der Waals surface area contributed by atoms with Gasteiger partial charge in [-0.1, -0.05) is 13.8 Å².